The van der Waals surface area contributed by atoms with Gasteiger partial charge in [0.15, 0.2) is 0 Å². The number of hydrogen-bond donors (Lipinski definition) is 0. The maximum atomic E-state index is 2.50. The first-order chi connectivity index (χ1) is 6.47. The molecule has 84 valence electrons. The zero-order chi connectivity index (χ0) is 10.9. The molecule has 1 aliphatic rings. The standard InChI is InChI=1S/C14H28/c1-7-10(3)13-9-14(6,12(13)5)11(4)8-2/h10-13H,7-9H2,1-6H3. The van der Waals surface area contributed by atoms with Crippen molar-refractivity contribution in [2.45, 2.75) is 60.8 Å². The van der Waals surface area contributed by atoms with Crippen LogP contribution < -0.4 is 0 Å². The number of hydrogen-bond acceptors (Lipinski definition) is 0. The zero-order valence-electron chi connectivity index (χ0n) is 10.9. The van der Waals surface area contributed by atoms with E-state index >= 15 is 0 Å². The minimum atomic E-state index is 0.642. The topological polar surface area (TPSA) is 0 Å². The third-order valence-corrected chi connectivity index (χ3v) is 5.47. The van der Waals surface area contributed by atoms with Crippen LogP contribution in [-0.4, -0.2) is 0 Å². The molecule has 0 aromatic rings. The molecule has 0 aliphatic heterocycles. The summed E-state index contributed by atoms with van der Waals surface area (Å²) in [4.78, 5) is 0. The largest absolute Gasteiger partial charge is 0.0651 e. The van der Waals surface area contributed by atoms with Gasteiger partial charge < -0.3 is 0 Å². The lowest BCUT2D eigenvalue weighted by Crippen LogP contribution is -2.50. The summed E-state index contributed by atoms with van der Waals surface area (Å²) in [5, 5.41) is 0. The Kier molecular flexibility index (Phi) is 3.66. The minimum Gasteiger partial charge on any atom is -0.0651 e. The van der Waals surface area contributed by atoms with Crippen molar-refractivity contribution in [1.82, 2.24) is 0 Å². The Labute approximate surface area is 90.5 Å². The summed E-state index contributed by atoms with van der Waals surface area (Å²) in [6.07, 6.45) is 4.16. The molecule has 0 amide bonds. The third kappa shape index (κ3) is 1.73. The second-order valence-electron chi connectivity index (χ2n) is 5.86. The van der Waals surface area contributed by atoms with Crippen LogP contribution in [-0.2, 0) is 0 Å². The average Bonchev–Trinajstić information content (AvgIpc) is 2.22. The predicted molar refractivity (Wildman–Crippen MR) is 64.3 cm³/mol. The smallest absolute Gasteiger partial charge is 0.0269 e. The second-order valence-corrected chi connectivity index (χ2v) is 5.86. The van der Waals surface area contributed by atoms with Crippen molar-refractivity contribution >= 4 is 0 Å². The molecule has 1 rings (SSSR count). The Morgan fingerprint density at radius 2 is 1.79 bits per heavy atom. The van der Waals surface area contributed by atoms with Gasteiger partial charge >= 0.3 is 0 Å². The summed E-state index contributed by atoms with van der Waals surface area (Å²) in [6.45, 7) is 14.5. The van der Waals surface area contributed by atoms with Crippen LogP contribution in [0.3, 0.4) is 0 Å². The van der Waals surface area contributed by atoms with E-state index in [4.69, 9.17) is 0 Å². The molecular weight excluding hydrogens is 168 g/mol. The van der Waals surface area contributed by atoms with Gasteiger partial charge in [0.05, 0.1) is 0 Å². The Hall–Kier alpha value is 0. The van der Waals surface area contributed by atoms with Gasteiger partial charge in [0.25, 0.3) is 0 Å². The quantitative estimate of drug-likeness (QED) is 0.609. The molecule has 14 heavy (non-hydrogen) atoms. The van der Waals surface area contributed by atoms with Gasteiger partial charge in [-0.05, 0) is 35.5 Å². The summed E-state index contributed by atoms with van der Waals surface area (Å²) in [6, 6.07) is 0. The van der Waals surface area contributed by atoms with Crippen LogP contribution in [0.1, 0.15) is 60.8 Å². The molecule has 0 radical (unpaired) electrons. The summed E-state index contributed by atoms with van der Waals surface area (Å²) >= 11 is 0. The first-order valence-corrected chi connectivity index (χ1v) is 6.47. The van der Waals surface area contributed by atoms with Crippen molar-refractivity contribution < 1.29 is 0 Å². The summed E-state index contributed by atoms with van der Waals surface area (Å²) in [5.41, 5.74) is 0.642. The van der Waals surface area contributed by atoms with Gasteiger partial charge in [-0.2, -0.15) is 0 Å². The third-order valence-electron chi connectivity index (χ3n) is 5.47. The lowest BCUT2D eigenvalue weighted by molar-refractivity contribution is -0.0851. The van der Waals surface area contributed by atoms with Crippen molar-refractivity contribution in [3.8, 4) is 0 Å². The highest BCUT2D eigenvalue weighted by atomic mass is 14.6. The molecule has 0 heteroatoms. The fourth-order valence-electron chi connectivity index (χ4n) is 3.31. The molecule has 0 nitrogen and oxygen atoms in total. The van der Waals surface area contributed by atoms with Gasteiger partial charge in [-0.15, -0.1) is 0 Å². The van der Waals surface area contributed by atoms with E-state index in [9.17, 15) is 0 Å². The highest BCUT2D eigenvalue weighted by Crippen LogP contribution is 2.58. The summed E-state index contributed by atoms with van der Waals surface area (Å²) < 4.78 is 0. The van der Waals surface area contributed by atoms with E-state index in [0.29, 0.717) is 5.41 Å². The molecule has 1 saturated carbocycles. The van der Waals surface area contributed by atoms with Crippen LogP contribution in [0.4, 0.5) is 0 Å². The molecule has 5 unspecified atom stereocenters. The van der Waals surface area contributed by atoms with E-state index in [2.05, 4.69) is 41.5 Å². The zero-order valence-corrected chi connectivity index (χ0v) is 10.9. The van der Waals surface area contributed by atoms with Gasteiger partial charge in [-0.3, -0.25) is 0 Å². The van der Waals surface area contributed by atoms with Crippen LogP contribution in [0, 0.1) is 29.1 Å². The lowest BCUT2D eigenvalue weighted by atomic mass is 9.48. The van der Waals surface area contributed by atoms with E-state index in [0.717, 1.165) is 23.7 Å². The van der Waals surface area contributed by atoms with E-state index in [1.54, 1.807) is 0 Å². The van der Waals surface area contributed by atoms with E-state index in [1.807, 2.05) is 0 Å². The minimum absolute atomic E-state index is 0.642. The van der Waals surface area contributed by atoms with Gasteiger partial charge in [0.2, 0.25) is 0 Å². The van der Waals surface area contributed by atoms with Crippen LogP contribution in [0.25, 0.3) is 0 Å². The SMILES string of the molecule is CCC(C)C1CC(C)(C(C)CC)C1C. The average molecular weight is 196 g/mol. The molecule has 0 saturated heterocycles. The Morgan fingerprint density at radius 3 is 2.14 bits per heavy atom. The van der Waals surface area contributed by atoms with Gasteiger partial charge in [-0.25, -0.2) is 0 Å². The normalized spacial score (nSPS) is 41.6. The first kappa shape index (κ1) is 12.1. The fraction of sp³-hybridized carbons (Fsp3) is 1.00. The van der Waals surface area contributed by atoms with Crippen molar-refractivity contribution in [1.29, 1.82) is 0 Å². The van der Waals surface area contributed by atoms with Crippen molar-refractivity contribution in [3.63, 3.8) is 0 Å². The molecule has 0 N–H and O–H groups in total. The maximum Gasteiger partial charge on any atom is -0.0269 e. The van der Waals surface area contributed by atoms with Gasteiger partial charge in [0.1, 0.15) is 0 Å². The van der Waals surface area contributed by atoms with Crippen LogP contribution in [0.15, 0.2) is 0 Å². The molecule has 1 fully saturated rings. The Balaban J connectivity index is 2.57. The van der Waals surface area contributed by atoms with Crippen molar-refractivity contribution in [2.24, 2.45) is 29.1 Å². The summed E-state index contributed by atoms with van der Waals surface area (Å²) in [5.74, 6) is 3.77. The lowest BCUT2D eigenvalue weighted by Gasteiger charge is -2.57. The van der Waals surface area contributed by atoms with E-state index < -0.39 is 0 Å². The molecule has 0 aromatic carbocycles. The van der Waals surface area contributed by atoms with Crippen LogP contribution >= 0.6 is 0 Å². The maximum absolute atomic E-state index is 2.50. The van der Waals surface area contributed by atoms with E-state index in [1.165, 1.54) is 19.3 Å². The van der Waals surface area contributed by atoms with Crippen molar-refractivity contribution in [2.75, 3.05) is 0 Å². The van der Waals surface area contributed by atoms with Crippen molar-refractivity contribution in [3.05, 3.63) is 0 Å². The molecule has 0 bridgehead atoms. The van der Waals surface area contributed by atoms with Gasteiger partial charge in [0, 0.05) is 0 Å². The molecule has 0 aromatic heterocycles. The molecular formula is C14H28. The molecule has 0 heterocycles. The second kappa shape index (κ2) is 4.24. The highest BCUT2D eigenvalue weighted by molar-refractivity contribution is 5.00. The monoisotopic (exact) mass is 196 g/mol. The van der Waals surface area contributed by atoms with Crippen LogP contribution in [0.5, 0.6) is 0 Å². The highest BCUT2D eigenvalue weighted by Gasteiger charge is 2.51. The molecule has 5 atom stereocenters. The van der Waals surface area contributed by atoms with Gasteiger partial charge in [-0.1, -0.05) is 54.4 Å². The predicted octanol–water partition coefficient (Wildman–Crippen LogP) is 4.74. The Bertz CT molecular complexity index is 184. The summed E-state index contributed by atoms with van der Waals surface area (Å²) in [7, 11) is 0. The molecule has 1 aliphatic carbocycles. The first-order valence-electron chi connectivity index (χ1n) is 6.47. The van der Waals surface area contributed by atoms with E-state index in [-0.39, 0.29) is 0 Å². The number of rotatable bonds is 4. The van der Waals surface area contributed by atoms with Crippen LogP contribution in [0.2, 0.25) is 0 Å². The fourth-order valence-corrected chi connectivity index (χ4v) is 3.31. The Morgan fingerprint density at radius 1 is 1.21 bits per heavy atom. The molecule has 0 spiro atoms.